The standard InChI is InChI=1S/C46H43N10O8S5.2K.2Na.O3S/c1-22-17-25(4)39(68(59,60)61)27(6)36(22)51-42-37(52-53-43-30(21-47)41(46(8,9)10)54-56(43)45-49-31-13-11-12-14-33(31)65-45)23(2)19-35(50-42)55(38-24(3)18-26(5)40(28(38)7)69(62,63)64)44-48-32-16-15-29(67(57)58)20-34(32)66-44;;;;;1-4(2)3/h11,13-20H,1-10H3,(H,50,51)(H,57,58)(H,59,60,61)(H,62,63,64);;;;;/q-1;4*+1;/p-3. The molecule has 380 valence electrons. The van der Waals surface area contributed by atoms with Gasteiger partial charge < -0.3 is 19.0 Å². The smallest absolute Gasteiger partial charge is 0.768 e. The number of aromatic nitrogens is 5. The monoisotopic (exact) mass is 1220 g/mol. The van der Waals surface area contributed by atoms with Crippen LogP contribution in [0.5, 0.6) is 0 Å². The summed E-state index contributed by atoms with van der Waals surface area (Å²) >= 11 is -0.195. The van der Waals surface area contributed by atoms with Crippen LogP contribution in [0.2, 0.25) is 0 Å². The molecule has 0 aliphatic rings. The molecule has 0 saturated heterocycles. The van der Waals surface area contributed by atoms with Crippen molar-refractivity contribution in [2.24, 2.45) is 10.2 Å². The predicted molar refractivity (Wildman–Crippen MR) is 271 cm³/mol. The van der Waals surface area contributed by atoms with E-state index >= 15 is 0 Å². The van der Waals surface area contributed by atoms with Crippen LogP contribution in [0, 0.1) is 65.9 Å². The van der Waals surface area contributed by atoms with Crippen LogP contribution >= 0.6 is 22.7 Å². The molecule has 0 aliphatic carbocycles. The summed E-state index contributed by atoms with van der Waals surface area (Å²) in [6.07, 6.45) is 0. The second kappa shape index (κ2) is 27.7. The van der Waals surface area contributed by atoms with Gasteiger partial charge in [-0.15, -0.1) is 28.9 Å². The molecule has 4 heterocycles. The normalized spacial score (nSPS) is 11.8. The fraction of sp³-hybridized carbons (Fsp3) is 0.239. The summed E-state index contributed by atoms with van der Waals surface area (Å²) in [6, 6.07) is 19.7. The van der Waals surface area contributed by atoms with E-state index in [0.29, 0.717) is 43.2 Å². The minimum absolute atomic E-state index is 0. The molecule has 0 spiro atoms. The molecule has 0 radical (unpaired) electrons. The molecule has 1 atom stereocenters. The average Bonchev–Trinajstić information content (AvgIpc) is 3.99. The number of nitrogens with zero attached hydrogens (tertiary/aromatic N) is 9. The van der Waals surface area contributed by atoms with Crippen LogP contribution < -0.4 is 172 Å². The van der Waals surface area contributed by atoms with Crippen molar-refractivity contribution in [3.8, 4) is 11.2 Å². The van der Waals surface area contributed by atoms with Crippen LogP contribution in [0.1, 0.15) is 71.0 Å². The minimum atomic E-state index is -5.05. The number of thiazole rings is 2. The Kier molecular flexibility index (Phi) is 25.1. The third-order valence-corrected chi connectivity index (χ3v) is 16.1. The van der Waals surface area contributed by atoms with E-state index in [0.717, 1.165) is 16.0 Å². The van der Waals surface area contributed by atoms with Crippen molar-refractivity contribution in [2.45, 2.75) is 89.3 Å². The number of benzene rings is 4. The Hall–Kier alpha value is -1.47. The van der Waals surface area contributed by atoms with Crippen LogP contribution in [-0.2, 0) is 47.3 Å². The summed E-state index contributed by atoms with van der Waals surface area (Å²) in [4.78, 5) is 15.3. The fourth-order valence-electron chi connectivity index (χ4n) is 8.38. The van der Waals surface area contributed by atoms with Crippen molar-refractivity contribution >= 4 is 125 Å². The number of nitrogens with one attached hydrogen (secondary N) is 1. The minimum Gasteiger partial charge on any atom is -0.768 e. The molecule has 0 bridgehead atoms. The Morgan fingerprint density at radius 2 is 1.35 bits per heavy atom. The Morgan fingerprint density at radius 3 is 1.91 bits per heavy atom. The van der Waals surface area contributed by atoms with Gasteiger partial charge in [-0.1, -0.05) is 48.9 Å². The van der Waals surface area contributed by atoms with E-state index in [-0.39, 0.29) is 234 Å². The molecule has 4 aromatic heterocycles. The molecule has 0 fully saturated rings. The predicted octanol–water partition coefficient (Wildman–Crippen LogP) is -2.70. The summed E-state index contributed by atoms with van der Waals surface area (Å²) in [5.74, 6) is 0.102. The topological polar surface area (TPSA) is 326 Å². The molecule has 8 rings (SSSR count). The molecule has 1 unspecified atom stereocenters. The molecule has 0 amide bonds. The van der Waals surface area contributed by atoms with Gasteiger partial charge in [-0.2, -0.15) is 44.6 Å². The van der Waals surface area contributed by atoms with Gasteiger partial charge in [0, 0.05) is 16.0 Å². The Bertz CT molecular complexity index is 4030. The summed E-state index contributed by atoms with van der Waals surface area (Å²) < 4.78 is 129. The summed E-state index contributed by atoms with van der Waals surface area (Å²) in [7, 11) is -13.1. The molecule has 77 heavy (non-hydrogen) atoms. The van der Waals surface area contributed by atoms with Crippen molar-refractivity contribution in [3.63, 3.8) is 0 Å². The molecule has 1 N–H and O–H groups in total. The number of aryl methyl sites for hydroxylation is 5. The third kappa shape index (κ3) is 15.4. The quantitative estimate of drug-likeness (QED) is 0.0453. The van der Waals surface area contributed by atoms with Crippen molar-refractivity contribution in [1.29, 1.82) is 5.26 Å². The Balaban J connectivity index is 0.00000188. The molecule has 21 nitrogen and oxygen atoms in total. The molecule has 31 heteroatoms. The number of hydrogen-bond acceptors (Lipinski definition) is 22. The van der Waals surface area contributed by atoms with E-state index in [1.807, 2.05) is 20.8 Å². The van der Waals surface area contributed by atoms with Crippen molar-refractivity contribution in [1.82, 2.24) is 24.7 Å². The fourth-order valence-corrected chi connectivity index (χ4v) is 12.6. The number of rotatable bonds is 11. The zero-order chi connectivity index (χ0) is 53.8. The number of fused-ring (bicyclic) bond motifs is 2. The van der Waals surface area contributed by atoms with Gasteiger partial charge in [-0.3, -0.25) is 9.11 Å². The molecule has 8 aromatic rings. The summed E-state index contributed by atoms with van der Waals surface area (Å²) in [5.41, 5.74) is 3.55. The van der Waals surface area contributed by atoms with Crippen LogP contribution in [-0.4, -0.2) is 72.1 Å². The molecule has 0 saturated carbocycles. The van der Waals surface area contributed by atoms with Crippen molar-refractivity contribution in [3.05, 3.63) is 111 Å². The summed E-state index contributed by atoms with van der Waals surface area (Å²) in [5, 5.41) is 28.7. The van der Waals surface area contributed by atoms with Crippen molar-refractivity contribution < 1.29 is 209 Å². The first-order valence-corrected chi connectivity index (χ1v) is 27.7. The maximum atomic E-state index is 12.9. The Labute approximate surface area is 585 Å². The zero-order valence-electron chi connectivity index (χ0n) is 44.2. The van der Waals surface area contributed by atoms with Crippen LogP contribution in [0.15, 0.2) is 79.5 Å². The van der Waals surface area contributed by atoms with E-state index in [1.54, 1.807) is 62.1 Å². The first-order valence-electron chi connectivity index (χ1n) is 21.2. The second-order valence-corrected chi connectivity index (χ2v) is 23.5. The van der Waals surface area contributed by atoms with Gasteiger partial charge in [0.1, 0.15) is 43.4 Å². The first-order chi connectivity index (χ1) is 34.0. The van der Waals surface area contributed by atoms with Gasteiger partial charge in [-0.25, -0.2) is 31.8 Å². The zero-order valence-corrected chi connectivity index (χ0v) is 59.3. The second-order valence-electron chi connectivity index (χ2n) is 17.5. The maximum absolute atomic E-state index is 12.9. The van der Waals surface area contributed by atoms with Gasteiger partial charge in [-0.05, 0) is 128 Å². The van der Waals surface area contributed by atoms with Gasteiger partial charge in [0.15, 0.2) is 21.9 Å². The number of azo groups is 1. The van der Waals surface area contributed by atoms with Gasteiger partial charge in [0.2, 0.25) is 0 Å². The molecular formula is C46H40K2N10Na2O11S6. The van der Waals surface area contributed by atoms with Crippen LogP contribution in [0.3, 0.4) is 0 Å². The summed E-state index contributed by atoms with van der Waals surface area (Å²) in [6.45, 7) is 16.8. The van der Waals surface area contributed by atoms with Crippen LogP contribution in [0.4, 0.5) is 39.6 Å². The van der Waals surface area contributed by atoms with E-state index in [2.05, 4.69) is 22.6 Å². The van der Waals surface area contributed by atoms with Gasteiger partial charge in [0.25, 0.3) is 0 Å². The largest absolute Gasteiger partial charge is 1.00 e. The Morgan fingerprint density at radius 1 is 0.766 bits per heavy atom. The van der Waals surface area contributed by atoms with E-state index in [9.17, 15) is 40.0 Å². The SMILES string of the molecule is Cc1cc(N(c2nc3ccc(S(=O)[O-])cc3s2)c2c(C)cc(C)c(S(=O)(=O)[O-])c2C)nc(Nc2c(C)cc(C)c(S(=O)(=O)[O-])c2C)c1N=Nc1c(C#N)c(C(C)(C)C)nn1-c1nc2cc[c-]cc2s1.O=S(=O)=O.[K+].[K+].[Na+].[Na+]. The maximum Gasteiger partial charge on any atom is 1.00 e. The number of pyridine rings is 1. The van der Waals surface area contributed by atoms with Crippen molar-refractivity contribution in [2.75, 3.05) is 10.2 Å². The van der Waals surface area contributed by atoms with E-state index in [1.165, 1.54) is 61.9 Å². The average molecular weight is 1230 g/mol. The number of nitriles is 1. The third-order valence-electron chi connectivity index (χ3n) is 11.2. The molecule has 4 aromatic carbocycles. The molecule has 0 aliphatic heterocycles. The van der Waals surface area contributed by atoms with Gasteiger partial charge in [0.05, 0.1) is 31.4 Å². The number of anilines is 5. The molecular weight excluding hydrogens is 1190 g/mol. The van der Waals surface area contributed by atoms with E-state index < -0.39 is 57.1 Å². The van der Waals surface area contributed by atoms with Gasteiger partial charge >= 0.3 is 172 Å². The van der Waals surface area contributed by atoms with Crippen LogP contribution in [0.25, 0.3) is 25.6 Å². The number of hydrogen-bond donors (Lipinski definition) is 1. The van der Waals surface area contributed by atoms with E-state index in [4.69, 9.17) is 37.8 Å². The first kappa shape index (κ1) is 69.8.